The Bertz CT molecular complexity index is 1250. The first-order valence-electron chi connectivity index (χ1n) is 12.7. The number of urea groups is 1. The molecule has 0 unspecified atom stereocenters. The van der Waals surface area contributed by atoms with E-state index < -0.39 is 0 Å². The van der Waals surface area contributed by atoms with Crippen molar-refractivity contribution in [2.24, 2.45) is 0 Å². The minimum absolute atomic E-state index is 0.0639. The third-order valence-corrected chi connectivity index (χ3v) is 6.74. The fourth-order valence-electron chi connectivity index (χ4n) is 4.66. The highest BCUT2D eigenvalue weighted by Gasteiger charge is 2.28. The molecule has 7 heteroatoms. The summed E-state index contributed by atoms with van der Waals surface area (Å²) in [6.45, 7) is 5.32. The van der Waals surface area contributed by atoms with Crippen molar-refractivity contribution in [2.45, 2.75) is 64.1 Å². The van der Waals surface area contributed by atoms with E-state index >= 15 is 0 Å². The minimum atomic E-state index is -0.228. The molecule has 3 aromatic rings. The van der Waals surface area contributed by atoms with E-state index in [1.165, 1.54) is 19.3 Å². The molecule has 0 bridgehead atoms. The van der Waals surface area contributed by atoms with Crippen LogP contribution in [0.5, 0.6) is 5.75 Å². The van der Waals surface area contributed by atoms with Gasteiger partial charge in [0.2, 0.25) is 0 Å². The summed E-state index contributed by atoms with van der Waals surface area (Å²) in [5.41, 5.74) is 4.36. The van der Waals surface area contributed by atoms with Crippen LogP contribution < -0.4 is 20.7 Å². The lowest BCUT2D eigenvalue weighted by Crippen LogP contribution is -2.34. The summed E-state index contributed by atoms with van der Waals surface area (Å²) in [6, 6.07) is 17.2. The summed E-state index contributed by atoms with van der Waals surface area (Å²) >= 11 is 0. The fraction of sp³-hybridized carbons (Fsp3) is 0.429. The van der Waals surface area contributed by atoms with Gasteiger partial charge in [-0.2, -0.15) is 5.26 Å². The van der Waals surface area contributed by atoms with E-state index in [1.54, 1.807) is 0 Å². The maximum Gasteiger partial charge on any atom is 0.319 e. The van der Waals surface area contributed by atoms with Crippen molar-refractivity contribution in [3.05, 3.63) is 48.0 Å². The Morgan fingerprint density at radius 3 is 2.54 bits per heavy atom. The molecule has 2 aliphatic carbocycles. The highest BCUT2D eigenvalue weighted by Crippen LogP contribution is 2.43. The molecule has 5 rings (SSSR count). The van der Waals surface area contributed by atoms with E-state index in [0.717, 1.165) is 47.3 Å². The fourth-order valence-corrected chi connectivity index (χ4v) is 4.66. The van der Waals surface area contributed by atoms with Crippen molar-refractivity contribution >= 4 is 22.6 Å². The number of benzene rings is 2. The normalized spacial score (nSPS) is 15.6. The zero-order valence-electron chi connectivity index (χ0n) is 20.4. The van der Waals surface area contributed by atoms with Crippen molar-refractivity contribution < 1.29 is 9.53 Å². The third-order valence-electron chi connectivity index (χ3n) is 6.74. The van der Waals surface area contributed by atoms with Crippen LogP contribution in [0.3, 0.4) is 0 Å². The summed E-state index contributed by atoms with van der Waals surface area (Å²) < 4.78 is 8.38. The molecule has 0 atom stereocenters. The van der Waals surface area contributed by atoms with Crippen LogP contribution >= 0.6 is 0 Å². The number of aromatic nitrogens is 1. The molecule has 0 saturated heterocycles. The summed E-state index contributed by atoms with van der Waals surface area (Å²) in [4.78, 5) is 12.1. The molecule has 35 heavy (non-hydrogen) atoms. The summed E-state index contributed by atoms with van der Waals surface area (Å²) in [5, 5.41) is 20.3. The van der Waals surface area contributed by atoms with Crippen LogP contribution in [0, 0.1) is 11.3 Å². The van der Waals surface area contributed by atoms with Crippen molar-refractivity contribution in [2.75, 3.05) is 18.5 Å². The Morgan fingerprint density at radius 2 is 1.91 bits per heavy atom. The number of hydrogen-bond acceptors (Lipinski definition) is 4. The molecular formula is C28H33N5O2. The minimum Gasteiger partial charge on any atom is -0.492 e. The molecule has 0 aliphatic heterocycles. The lowest BCUT2D eigenvalue weighted by molar-refractivity contribution is 0.250. The lowest BCUT2D eigenvalue weighted by atomic mass is 9.92. The highest BCUT2D eigenvalue weighted by molar-refractivity contribution is 5.96. The lowest BCUT2D eigenvalue weighted by Gasteiger charge is -2.30. The molecule has 0 radical (unpaired) electrons. The van der Waals surface area contributed by atoms with Crippen LogP contribution in [0.1, 0.15) is 57.6 Å². The predicted octanol–water partition coefficient (Wildman–Crippen LogP) is 5.57. The number of rotatable bonds is 9. The topological polar surface area (TPSA) is 91.1 Å². The maximum atomic E-state index is 12.1. The van der Waals surface area contributed by atoms with E-state index in [0.29, 0.717) is 29.9 Å². The number of nitriles is 1. The Kier molecular flexibility index (Phi) is 6.65. The van der Waals surface area contributed by atoms with Crippen LogP contribution in [0.25, 0.3) is 22.2 Å². The van der Waals surface area contributed by atoms with Gasteiger partial charge in [0.25, 0.3) is 0 Å². The molecule has 182 valence electrons. The number of carbonyl (C=O) groups is 1. The zero-order valence-corrected chi connectivity index (χ0v) is 20.4. The van der Waals surface area contributed by atoms with Gasteiger partial charge in [0.1, 0.15) is 18.4 Å². The smallest absolute Gasteiger partial charge is 0.319 e. The monoisotopic (exact) mass is 471 g/mol. The largest absolute Gasteiger partial charge is 0.492 e. The van der Waals surface area contributed by atoms with Gasteiger partial charge in [0.05, 0.1) is 16.8 Å². The van der Waals surface area contributed by atoms with Gasteiger partial charge in [-0.3, -0.25) is 0 Å². The maximum absolute atomic E-state index is 12.1. The standard InChI is InChI=1S/C28H33N5O2/c1-18(2)31-28(34)32-21-8-6-19(7-9-21)27-25(17-29)24-13-12-23(35-15-14-30-20-10-11-20)16-26(24)33(27)22-4-3-5-22/h6-9,12-13,16,18,20,22,30H,3-5,10-11,14-15H2,1-2H3,(H2,31,32,34). The zero-order chi connectivity index (χ0) is 24.4. The average Bonchev–Trinajstić information content (AvgIpc) is 3.57. The van der Waals surface area contributed by atoms with Crippen molar-refractivity contribution in [1.29, 1.82) is 5.26 Å². The molecule has 1 aromatic heterocycles. The van der Waals surface area contributed by atoms with Gasteiger partial charge in [-0.05, 0) is 75.8 Å². The summed E-state index contributed by atoms with van der Waals surface area (Å²) in [7, 11) is 0. The van der Waals surface area contributed by atoms with Crippen molar-refractivity contribution in [3.8, 4) is 23.1 Å². The van der Waals surface area contributed by atoms with Crippen LogP contribution in [-0.4, -0.2) is 35.8 Å². The molecule has 1 heterocycles. The molecule has 0 spiro atoms. The van der Waals surface area contributed by atoms with E-state index in [1.807, 2.05) is 50.2 Å². The second-order valence-electron chi connectivity index (χ2n) is 9.88. The number of amides is 2. The Morgan fingerprint density at radius 1 is 1.14 bits per heavy atom. The van der Waals surface area contributed by atoms with Crippen LogP contribution in [0.4, 0.5) is 10.5 Å². The molecule has 2 aliphatic rings. The molecule has 3 N–H and O–H groups in total. The molecule has 7 nitrogen and oxygen atoms in total. The first kappa shape index (κ1) is 23.3. The number of anilines is 1. The predicted molar refractivity (Wildman–Crippen MR) is 139 cm³/mol. The molecule has 2 saturated carbocycles. The highest BCUT2D eigenvalue weighted by atomic mass is 16.5. The first-order valence-corrected chi connectivity index (χ1v) is 12.7. The Labute approximate surface area is 206 Å². The van der Waals surface area contributed by atoms with E-state index in [9.17, 15) is 10.1 Å². The number of hydrogen-bond donors (Lipinski definition) is 3. The van der Waals surface area contributed by atoms with Gasteiger partial charge in [0.15, 0.2) is 0 Å². The number of nitrogens with one attached hydrogen (secondary N) is 3. The number of carbonyl (C=O) groups excluding carboxylic acids is 1. The molecular weight excluding hydrogens is 438 g/mol. The van der Waals surface area contributed by atoms with Gasteiger partial charge in [-0.1, -0.05) is 12.1 Å². The van der Waals surface area contributed by atoms with Crippen molar-refractivity contribution in [3.63, 3.8) is 0 Å². The number of fused-ring (bicyclic) bond motifs is 1. The SMILES string of the molecule is CC(C)NC(=O)Nc1ccc(-c2c(C#N)c3ccc(OCCNC4CC4)cc3n2C2CCC2)cc1. The van der Waals surface area contributed by atoms with E-state index in [2.05, 4.69) is 32.7 Å². The summed E-state index contributed by atoms with van der Waals surface area (Å²) in [6.07, 6.45) is 5.94. The van der Waals surface area contributed by atoms with Crippen LogP contribution in [0.2, 0.25) is 0 Å². The Hall–Kier alpha value is -3.50. The first-order chi connectivity index (χ1) is 17.0. The summed E-state index contributed by atoms with van der Waals surface area (Å²) in [5.74, 6) is 0.833. The van der Waals surface area contributed by atoms with E-state index in [-0.39, 0.29) is 12.1 Å². The second-order valence-corrected chi connectivity index (χ2v) is 9.88. The van der Waals surface area contributed by atoms with Gasteiger partial charge in [0, 0.05) is 41.8 Å². The van der Waals surface area contributed by atoms with Gasteiger partial charge >= 0.3 is 6.03 Å². The molecule has 2 amide bonds. The third kappa shape index (κ3) is 5.13. The van der Waals surface area contributed by atoms with Crippen LogP contribution in [-0.2, 0) is 0 Å². The van der Waals surface area contributed by atoms with Crippen LogP contribution in [0.15, 0.2) is 42.5 Å². The van der Waals surface area contributed by atoms with Gasteiger partial charge in [-0.25, -0.2) is 4.79 Å². The Balaban J connectivity index is 1.45. The molecule has 2 aromatic carbocycles. The van der Waals surface area contributed by atoms with E-state index in [4.69, 9.17) is 4.74 Å². The van der Waals surface area contributed by atoms with Crippen molar-refractivity contribution in [1.82, 2.24) is 15.2 Å². The van der Waals surface area contributed by atoms with Gasteiger partial charge in [-0.15, -0.1) is 0 Å². The quantitative estimate of drug-likeness (QED) is 0.356. The second kappa shape index (κ2) is 10.0. The number of nitrogens with zero attached hydrogens (tertiary/aromatic N) is 2. The molecule has 2 fully saturated rings. The number of ether oxygens (including phenoxy) is 1. The average molecular weight is 472 g/mol. The van der Waals surface area contributed by atoms with Gasteiger partial charge < -0.3 is 25.3 Å².